The van der Waals surface area contributed by atoms with Gasteiger partial charge in [0.1, 0.15) is 11.6 Å². The molecule has 0 aliphatic carbocycles. The first kappa shape index (κ1) is 20.1. The second-order valence-electron chi connectivity index (χ2n) is 6.25. The highest BCUT2D eigenvalue weighted by Crippen LogP contribution is 2.25. The van der Waals surface area contributed by atoms with Gasteiger partial charge in [-0.3, -0.25) is 4.90 Å². The Labute approximate surface area is 166 Å². The smallest absolute Gasteiger partial charge is 0.337 e. The zero-order valence-electron chi connectivity index (χ0n) is 15.4. The number of urea groups is 1. The van der Waals surface area contributed by atoms with Gasteiger partial charge in [0.05, 0.1) is 24.9 Å². The summed E-state index contributed by atoms with van der Waals surface area (Å²) < 4.78 is 32.4. The molecule has 1 saturated heterocycles. The van der Waals surface area contributed by atoms with Crippen LogP contribution >= 0.6 is 11.8 Å². The van der Waals surface area contributed by atoms with Crippen LogP contribution in [-0.2, 0) is 11.3 Å². The number of hydrogen-bond acceptors (Lipinski definition) is 4. The normalized spacial score (nSPS) is 13.9. The highest BCUT2D eigenvalue weighted by Gasteiger charge is 2.26. The third-order valence-corrected chi connectivity index (χ3v) is 5.37. The summed E-state index contributed by atoms with van der Waals surface area (Å²) in [7, 11) is 1.30. The molecule has 0 aromatic heterocycles. The molecule has 2 aromatic rings. The van der Waals surface area contributed by atoms with E-state index in [1.165, 1.54) is 18.1 Å². The van der Waals surface area contributed by atoms with Gasteiger partial charge in [-0.15, -0.1) is 0 Å². The number of carbonyl (C=O) groups excluding carboxylic acids is 2. The highest BCUT2D eigenvalue weighted by molar-refractivity contribution is 7.99. The SMILES string of the molecule is COC(=O)c1ccc(CN(C(=O)N2CCSCC2)c2ccc(F)cc2F)cc1. The average molecular weight is 406 g/mol. The predicted molar refractivity (Wildman–Crippen MR) is 105 cm³/mol. The van der Waals surface area contributed by atoms with Crippen molar-refractivity contribution in [3.8, 4) is 0 Å². The first-order chi connectivity index (χ1) is 13.5. The molecule has 2 aromatic carbocycles. The standard InChI is InChI=1S/C20H20F2N2O3S/c1-27-19(25)15-4-2-14(3-5-15)13-24(18-7-6-16(21)12-17(18)22)20(26)23-8-10-28-11-9-23/h2-7,12H,8-11,13H2,1H3. The maximum Gasteiger partial charge on any atom is 0.337 e. The number of benzene rings is 2. The van der Waals surface area contributed by atoms with Crippen molar-refractivity contribution >= 4 is 29.4 Å². The molecule has 8 heteroatoms. The van der Waals surface area contributed by atoms with Crippen LogP contribution in [0.3, 0.4) is 0 Å². The fraction of sp³-hybridized carbons (Fsp3) is 0.300. The number of halogens is 2. The Bertz CT molecular complexity index is 855. The minimum atomic E-state index is -0.800. The monoisotopic (exact) mass is 406 g/mol. The largest absolute Gasteiger partial charge is 0.465 e. The summed E-state index contributed by atoms with van der Waals surface area (Å²) >= 11 is 1.76. The fourth-order valence-electron chi connectivity index (χ4n) is 2.93. The molecule has 0 radical (unpaired) electrons. The van der Waals surface area contributed by atoms with Gasteiger partial charge >= 0.3 is 12.0 Å². The second-order valence-corrected chi connectivity index (χ2v) is 7.48. The predicted octanol–water partition coefficient (Wildman–Crippen LogP) is 3.93. The number of esters is 1. The lowest BCUT2D eigenvalue weighted by atomic mass is 10.1. The van der Waals surface area contributed by atoms with Gasteiger partial charge < -0.3 is 9.64 Å². The molecular weight excluding hydrogens is 386 g/mol. The lowest BCUT2D eigenvalue weighted by Gasteiger charge is -2.33. The van der Waals surface area contributed by atoms with Crippen LogP contribution in [0.2, 0.25) is 0 Å². The van der Waals surface area contributed by atoms with Crippen molar-refractivity contribution in [3.63, 3.8) is 0 Å². The first-order valence-corrected chi connectivity index (χ1v) is 9.91. The molecule has 2 amide bonds. The fourth-order valence-corrected chi connectivity index (χ4v) is 3.83. The van der Waals surface area contributed by atoms with Gasteiger partial charge in [0.2, 0.25) is 0 Å². The molecule has 0 bridgehead atoms. The van der Waals surface area contributed by atoms with E-state index < -0.39 is 17.6 Å². The first-order valence-electron chi connectivity index (χ1n) is 8.76. The van der Waals surface area contributed by atoms with Crippen molar-refractivity contribution in [3.05, 3.63) is 65.2 Å². The molecule has 0 spiro atoms. The summed E-state index contributed by atoms with van der Waals surface area (Å²) in [5.41, 5.74) is 1.10. The van der Waals surface area contributed by atoms with E-state index in [2.05, 4.69) is 4.74 Å². The molecule has 1 aliphatic heterocycles. The molecule has 5 nitrogen and oxygen atoms in total. The van der Waals surface area contributed by atoms with Gasteiger partial charge in [0.15, 0.2) is 0 Å². The van der Waals surface area contributed by atoms with Crippen LogP contribution in [0.5, 0.6) is 0 Å². The number of hydrogen-bond donors (Lipinski definition) is 0. The van der Waals surface area contributed by atoms with E-state index in [-0.39, 0.29) is 18.3 Å². The summed E-state index contributed by atoms with van der Waals surface area (Å²) in [4.78, 5) is 27.6. The Kier molecular flexibility index (Phi) is 6.51. The summed E-state index contributed by atoms with van der Waals surface area (Å²) in [5, 5.41) is 0. The van der Waals surface area contributed by atoms with Gasteiger partial charge in [-0.1, -0.05) is 12.1 Å². The van der Waals surface area contributed by atoms with Gasteiger partial charge in [0.25, 0.3) is 0 Å². The highest BCUT2D eigenvalue weighted by atomic mass is 32.2. The van der Waals surface area contributed by atoms with Gasteiger partial charge in [0, 0.05) is 30.7 Å². The Hall–Kier alpha value is -2.61. The molecule has 0 atom stereocenters. The Morgan fingerprint density at radius 1 is 1.11 bits per heavy atom. The average Bonchev–Trinajstić information content (AvgIpc) is 2.72. The van der Waals surface area contributed by atoms with E-state index in [1.807, 2.05) is 0 Å². The van der Waals surface area contributed by atoms with E-state index in [9.17, 15) is 18.4 Å². The third-order valence-electron chi connectivity index (χ3n) is 4.43. The zero-order chi connectivity index (χ0) is 20.1. The summed E-state index contributed by atoms with van der Waals surface area (Å²) in [5.74, 6) is -0.329. The Morgan fingerprint density at radius 3 is 2.39 bits per heavy atom. The van der Waals surface area contributed by atoms with Crippen molar-refractivity contribution in [2.24, 2.45) is 0 Å². The molecule has 0 N–H and O–H groups in total. The van der Waals surface area contributed by atoms with Gasteiger partial charge in [-0.05, 0) is 29.8 Å². The molecule has 148 valence electrons. The van der Waals surface area contributed by atoms with Crippen LogP contribution in [0.1, 0.15) is 15.9 Å². The van der Waals surface area contributed by atoms with Crippen molar-refractivity contribution in [1.82, 2.24) is 4.90 Å². The quantitative estimate of drug-likeness (QED) is 0.722. The third kappa shape index (κ3) is 4.62. The molecule has 1 fully saturated rings. The number of rotatable bonds is 4. The van der Waals surface area contributed by atoms with Crippen molar-refractivity contribution in [1.29, 1.82) is 0 Å². The number of ether oxygens (including phenoxy) is 1. The van der Waals surface area contributed by atoms with Crippen LogP contribution in [0, 0.1) is 11.6 Å². The molecular formula is C20H20F2N2O3S. The Balaban J connectivity index is 1.89. The zero-order valence-corrected chi connectivity index (χ0v) is 16.2. The Morgan fingerprint density at radius 2 is 1.79 bits per heavy atom. The van der Waals surface area contributed by atoms with Crippen molar-refractivity contribution < 1.29 is 23.1 Å². The molecule has 28 heavy (non-hydrogen) atoms. The van der Waals surface area contributed by atoms with Crippen molar-refractivity contribution in [2.75, 3.05) is 36.6 Å². The number of thioether (sulfide) groups is 1. The van der Waals surface area contributed by atoms with Gasteiger partial charge in [-0.25, -0.2) is 18.4 Å². The molecule has 1 aliphatic rings. The molecule has 1 heterocycles. The number of nitrogens with zero attached hydrogens (tertiary/aromatic N) is 2. The summed E-state index contributed by atoms with van der Waals surface area (Å²) in [6.45, 7) is 1.24. The maximum atomic E-state index is 14.4. The van der Waals surface area contributed by atoms with Crippen LogP contribution in [-0.4, -0.2) is 48.6 Å². The topological polar surface area (TPSA) is 49.9 Å². The molecule has 3 rings (SSSR count). The lowest BCUT2D eigenvalue weighted by Crippen LogP contribution is -2.46. The number of amides is 2. The van der Waals surface area contributed by atoms with E-state index in [1.54, 1.807) is 40.9 Å². The van der Waals surface area contributed by atoms with Crippen LogP contribution < -0.4 is 4.90 Å². The maximum absolute atomic E-state index is 14.4. The number of carbonyl (C=O) groups is 2. The van der Waals surface area contributed by atoms with Crippen LogP contribution in [0.25, 0.3) is 0 Å². The van der Waals surface area contributed by atoms with Crippen LogP contribution in [0.4, 0.5) is 19.3 Å². The van der Waals surface area contributed by atoms with Crippen LogP contribution in [0.15, 0.2) is 42.5 Å². The lowest BCUT2D eigenvalue weighted by molar-refractivity contribution is 0.0600. The second kappa shape index (κ2) is 9.05. The molecule has 0 unspecified atom stereocenters. The van der Waals surface area contributed by atoms with Crippen molar-refractivity contribution in [2.45, 2.75) is 6.54 Å². The number of anilines is 1. The van der Waals surface area contributed by atoms with Gasteiger partial charge in [-0.2, -0.15) is 11.8 Å². The van der Waals surface area contributed by atoms with E-state index >= 15 is 0 Å². The minimum Gasteiger partial charge on any atom is -0.465 e. The molecule has 0 saturated carbocycles. The summed E-state index contributed by atoms with van der Waals surface area (Å²) in [6.07, 6.45) is 0. The van der Waals surface area contributed by atoms with E-state index in [4.69, 9.17) is 0 Å². The van der Waals surface area contributed by atoms with E-state index in [0.29, 0.717) is 24.2 Å². The summed E-state index contributed by atoms with van der Waals surface area (Å²) in [6, 6.07) is 9.37. The number of methoxy groups -OCH3 is 1. The minimum absolute atomic E-state index is 0.0154. The van der Waals surface area contributed by atoms with E-state index in [0.717, 1.165) is 23.6 Å².